The van der Waals surface area contributed by atoms with Gasteiger partial charge in [0, 0.05) is 6.04 Å². The van der Waals surface area contributed by atoms with Crippen LogP contribution in [0.1, 0.15) is 45.4 Å². The van der Waals surface area contributed by atoms with Gasteiger partial charge in [-0.2, -0.15) is 0 Å². The molecule has 0 aliphatic heterocycles. The second kappa shape index (κ2) is 4.80. The number of nitrogens with one attached hydrogen (secondary N) is 1. The van der Waals surface area contributed by atoms with Crippen molar-refractivity contribution in [2.75, 3.05) is 0 Å². The van der Waals surface area contributed by atoms with Crippen LogP contribution in [-0.2, 0) is 9.59 Å². The van der Waals surface area contributed by atoms with E-state index in [4.69, 9.17) is 5.11 Å². The highest BCUT2D eigenvalue weighted by Gasteiger charge is 2.45. The third-order valence-corrected chi connectivity index (χ3v) is 5.73. The minimum atomic E-state index is -0.820. The number of hydrogen-bond acceptors (Lipinski definition) is 2. The molecular weight excluding hydrogens is 242 g/mol. The van der Waals surface area contributed by atoms with E-state index in [2.05, 4.69) is 12.2 Å². The maximum Gasteiger partial charge on any atom is 0.307 e. The lowest BCUT2D eigenvalue weighted by Gasteiger charge is -2.35. The zero-order valence-corrected chi connectivity index (χ0v) is 11.5. The first-order valence-electron chi connectivity index (χ1n) is 7.59. The van der Waals surface area contributed by atoms with Gasteiger partial charge in [-0.15, -0.1) is 0 Å². The Morgan fingerprint density at radius 2 is 1.84 bits per heavy atom. The first-order chi connectivity index (χ1) is 9.06. The predicted molar refractivity (Wildman–Crippen MR) is 70.4 cm³/mol. The Kier molecular flexibility index (Phi) is 3.27. The minimum Gasteiger partial charge on any atom is -0.481 e. The first kappa shape index (κ1) is 12.9. The Labute approximate surface area is 113 Å². The van der Waals surface area contributed by atoms with E-state index >= 15 is 0 Å². The van der Waals surface area contributed by atoms with Crippen molar-refractivity contribution in [2.45, 2.75) is 51.5 Å². The van der Waals surface area contributed by atoms with Crippen LogP contribution in [0.4, 0.5) is 0 Å². The summed E-state index contributed by atoms with van der Waals surface area (Å²) in [5.41, 5.74) is 0. The summed E-state index contributed by atoms with van der Waals surface area (Å²) in [6.07, 6.45) is 6.65. The normalized spacial score (nSPS) is 41.6. The van der Waals surface area contributed by atoms with Crippen molar-refractivity contribution in [1.82, 2.24) is 5.32 Å². The smallest absolute Gasteiger partial charge is 0.307 e. The fourth-order valence-electron chi connectivity index (χ4n) is 4.45. The Morgan fingerprint density at radius 1 is 1.11 bits per heavy atom. The Morgan fingerprint density at radius 3 is 2.32 bits per heavy atom. The van der Waals surface area contributed by atoms with E-state index in [0.717, 1.165) is 18.3 Å². The van der Waals surface area contributed by atoms with Crippen molar-refractivity contribution >= 4 is 11.9 Å². The molecule has 4 heteroatoms. The number of carboxylic acid groups (broad SMARTS) is 1. The minimum absolute atomic E-state index is 0.0334. The summed E-state index contributed by atoms with van der Waals surface area (Å²) in [6.45, 7) is 2.09. The Balaban J connectivity index is 1.53. The van der Waals surface area contributed by atoms with Crippen LogP contribution < -0.4 is 5.32 Å². The molecule has 0 aromatic heterocycles. The number of carbonyl (C=O) groups excluding carboxylic acids is 1. The molecule has 1 amide bonds. The van der Waals surface area contributed by atoms with Crippen LogP contribution >= 0.6 is 0 Å². The average Bonchev–Trinajstić information content (AvgIpc) is 2.87. The highest BCUT2D eigenvalue weighted by atomic mass is 16.4. The molecule has 3 aliphatic rings. The van der Waals surface area contributed by atoms with Gasteiger partial charge in [0.05, 0.1) is 11.8 Å². The maximum absolute atomic E-state index is 12.1. The molecule has 0 saturated heterocycles. The van der Waals surface area contributed by atoms with Gasteiger partial charge in [0.1, 0.15) is 0 Å². The van der Waals surface area contributed by atoms with Crippen LogP contribution in [0.3, 0.4) is 0 Å². The van der Waals surface area contributed by atoms with Crippen molar-refractivity contribution < 1.29 is 14.7 Å². The molecule has 2 N–H and O–H groups in total. The van der Waals surface area contributed by atoms with E-state index in [1.165, 1.54) is 25.7 Å². The molecular formula is C15H23NO3. The van der Waals surface area contributed by atoms with Gasteiger partial charge >= 0.3 is 5.97 Å². The van der Waals surface area contributed by atoms with Gasteiger partial charge in [0.2, 0.25) is 5.91 Å². The lowest BCUT2D eigenvalue weighted by atomic mass is 9.73. The van der Waals surface area contributed by atoms with Crippen molar-refractivity contribution in [1.29, 1.82) is 0 Å². The third kappa shape index (κ3) is 2.26. The zero-order chi connectivity index (χ0) is 13.6. The molecule has 3 aliphatic carbocycles. The SMILES string of the molecule is CC(NC(=O)C1CCC1C(=O)O)C1CC2CCC1C2. The summed E-state index contributed by atoms with van der Waals surface area (Å²) in [4.78, 5) is 23.1. The molecule has 3 rings (SSSR count). The molecule has 106 valence electrons. The molecule has 0 aromatic rings. The lowest BCUT2D eigenvalue weighted by molar-refractivity contribution is -0.153. The second-order valence-electron chi connectivity index (χ2n) is 6.76. The number of aliphatic carboxylic acids is 1. The van der Waals surface area contributed by atoms with Crippen molar-refractivity contribution in [3.8, 4) is 0 Å². The summed E-state index contributed by atoms with van der Waals surface area (Å²) >= 11 is 0. The standard InChI is InChI=1S/C15H23NO3/c1-8(13-7-9-2-3-10(13)6-9)16-14(17)11-4-5-12(11)15(18)19/h8-13H,2-7H2,1H3,(H,16,17)(H,18,19). The Hall–Kier alpha value is -1.06. The second-order valence-corrected chi connectivity index (χ2v) is 6.76. The monoisotopic (exact) mass is 265 g/mol. The highest BCUT2D eigenvalue weighted by molar-refractivity contribution is 5.86. The van der Waals surface area contributed by atoms with E-state index in [1.807, 2.05) is 0 Å². The number of carboxylic acids is 1. The first-order valence-corrected chi connectivity index (χ1v) is 7.59. The summed E-state index contributed by atoms with van der Waals surface area (Å²) in [5.74, 6) is 0.687. The summed E-state index contributed by atoms with van der Waals surface area (Å²) < 4.78 is 0. The summed E-state index contributed by atoms with van der Waals surface area (Å²) in [7, 11) is 0. The van der Waals surface area contributed by atoms with Crippen LogP contribution in [0.25, 0.3) is 0 Å². The molecule has 6 unspecified atom stereocenters. The maximum atomic E-state index is 12.1. The summed E-state index contributed by atoms with van der Waals surface area (Å²) in [6, 6.07) is 0.206. The van der Waals surface area contributed by atoms with E-state index in [0.29, 0.717) is 12.3 Å². The van der Waals surface area contributed by atoms with Crippen molar-refractivity contribution in [3.05, 3.63) is 0 Å². The lowest BCUT2D eigenvalue weighted by Crippen LogP contribution is -2.48. The van der Waals surface area contributed by atoms with Crippen molar-refractivity contribution in [2.24, 2.45) is 29.6 Å². The zero-order valence-electron chi connectivity index (χ0n) is 11.5. The van der Waals surface area contributed by atoms with Crippen LogP contribution in [0.5, 0.6) is 0 Å². The van der Waals surface area contributed by atoms with E-state index in [1.54, 1.807) is 0 Å². The molecule has 0 radical (unpaired) electrons. The fourth-order valence-corrected chi connectivity index (χ4v) is 4.45. The molecule has 6 atom stereocenters. The third-order valence-electron chi connectivity index (χ3n) is 5.73. The highest BCUT2D eigenvalue weighted by Crippen LogP contribution is 2.49. The number of carbonyl (C=O) groups is 2. The predicted octanol–water partition coefficient (Wildman–Crippen LogP) is 2.04. The van der Waals surface area contributed by atoms with Crippen LogP contribution in [0.15, 0.2) is 0 Å². The van der Waals surface area contributed by atoms with Gasteiger partial charge in [-0.25, -0.2) is 0 Å². The topological polar surface area (TPSA) is 66.4 Å². The van der Waals surface area contributed by atoms with Gasteiger partial charge in [-0.1, -0.05) is 6.42 Å². The van der Waals surface area contributed by atoms with E-state index in [-0.39, 0.29) is 17.9 Å². The van der Waals surface area contributed by atoms with Gasteiger partial charge < -0.3 is 10.4 Å². The summed E-state index contributed by atoms with van der Waals surface area (Å²) in [5, 5.41) is 12.1. The average molecular weight is 265 g/mol. The van der Waals surface area contributed by atoms with Crippen molar-refractivity contribution in [3.63, 3.8) is 0 Å². The number of amides is 1. The number of fused-ring (bicyclic) bond motifs is 2. The molecule has 0 heterocycles. The Bertz CT molecular complexity index is 395. The number of rotatable bonds is 4. The van der Waals surface area contributed by atoms with Gasteiger partial charge in [-0.3, -0.25) is 9.59 Å². The molecule has 4 nitrogen and oxygen atoms in total. The molecule has 3 saturated carbocycles. The van der Waals surface area contributed by atoms with Crippen LogP contribution in [-0.4, -0.2) is 23.0 Å². The van der Waals surface area contributed by atoms with Gasteiger partial charge in [0.15, 0.2) is 0 Å². The molecule has 0 aromatic carbocycles. The van der Waals surface area contributed by atoms with Crippen LogP contribution in [0.2, 0.25) is 0 Å². The quantitative estimate of drug-likeness (QED) is 0.817. The van der Waals surface area contributed by atoms with Gasteiger partial charge in [0.25, 0.3) is 0 Å². The molecule has 3 fully saturated rings. The van der Waals surface area contributed by atoms with Gasteiger partial charge in [-0.05, 0) is 56.8 Å². The van der Waals surface area contributed by atoms with E-state index < -0.39 is 11.9 Å². The number of hydrogen-bond donors (Lipinski definition) is 2. The van der Waals surface area contributed by atoms with Crippen LogP contribution in [0, 0.1) is 29.6 Å². The molecule has 19 heavy (non-hydrogen) atoms. The molecule has 0 spiro atoms. The van der Waals surface area contributed by atoms with E-state index in [9.17, 15) is 9.59 Å². The largest absolute Gasteiger partial charge is 0.481 e. The molecule has 2 bridgehead atoms. The fraction of sp³-hybridized carbons (Fsp3) is 0.867.